The van der Waals surface area contributed by atoms with Gasteiger partial charge in [0.05, 0.1) is 6.61 Å². The van der Waals surface area contributed by atoms with Crippen LogP contribution in [0.3, 0.4) is 0 Å². The second-order valence-electron chi connectivity index (χ2n) is 3.93. The summed E-state index contributed by atoms with van der Waals surface area (Å²) in [5, 5.41) is 0. The van der Waals surface area contributed by atoms with Gasteiger partial charge in [0, 0.05) is 18.1 Å². The van der Waals surface area contributed by atoms with E-state index in [1.54, 1.807) is 13.0 Å². The first-order valence-electron chi connectivity index (χ1n) is 5.71. The molecule has 1 aromatic carbocycles. The van der Waals surface area contributed by atoms with Crippen molar-refractivity contribution >= 4 is 17.8 Å². The Morgan fingerprint density at radius 1 is 1.41 bits per heavy atom. The zero-order valence-corrected chi connectivity index (χ0v) is 9.73. The van der Waals surface area contributed by atoms with Crippen LogP contribution in [0.1, 0.15) is 34.8 Å². The van der Waals surface area contributed by atoms with Crippen LogP contribution in [0.4, 0.5) is 0 Å². The molecule has 17 heavy (non-hydrogen) atoms. The van der Waals surface area contributed by atoms with E-state index in [1.165, 1.54) is 6.08 Å². The Morgan fingerprint density at radius 2 is 2.24 bits per heavy atom. The van der Waals surface area contributed by atoms with Crippen molar-refractivity contribution in [2.45, 2.75) is 19.8 Å². The smallest absolute Gasteiger partial charge is 0.330 e. The maximum absolute atomic E-state index is 11.4. The molecule has 0 saturated carbocycles. The second-order valence-corrected chi connectivity index (χ2v) is 3.93. The van der Waals surface area contributed by atoms with Crippen molar-refractivity contribution in [3.63, 3.8) is 0 Å². The van der Waals surface area contributed by atoms with E-state index in [9.17, 15) is 9.59 Å². The lowest BCUT2D eigenvalue weighted by Gasteiger charge is -1.99. The highest BCUT2D eigenvalue weighted by molar-refractivity contribution is 6.00. The number of carbonyl (C=O) groups excluding carboxylic acids is 2. The van der Waals surface area contributed by atoms with E-state index in [4.69, 9.17) is 4.74 Å². The number of carbonyl (C=O) groups is 2. The number of aryl methyl sites for hydroxylation is 1. The number of fused-ring (bicyclic) bond motifs is 1. The number of rotatable bonds is 3. The molecule has 1 aromatic rings. The molecule has 0 N–H and O–H groups in total. The third-order valence-electron chi connectivity index (χ3n) is 2.75. The number of esters is 1. The third-order valence-corrected chi connectivity index (χ3v) is 2.75. The van der Waals surface area contributed by atoms with Crippen LogP contribution >= 0.6 is 0 Å². The quantitative estimate of drug-likeness (QED) is 0.591. The molecule has 0 amide bonds. The van der Waals surface area contributed by atoms with Gasteiger partial charge in [-0.15, -0.1) is 0 Å². The summed E-state index contributed by atoms with van der Waals surface area (Å²) in [4.78, 5) is 22.6. The monoisotopic (exact) mass is 230 g/mol. The highest BCUT2D eigenvalue weighted by atomic mass is 16.5. The van der Waals surface area contributed by atoms with Gasteiger partial charge in [-0.05, 0) is 30.5 Å². The van der Waals surface area contributed by atoms with E-state index >= 15 is 0 Å². The average Bonchev–Trinajstić information content (AvgIpc) is 2.69. The maximum Gasteiger partial charge on any atom is 0.330 e. The second kappa shape index (κ2) is 4.95. The number of ether oxygens (including phenoxy) is 1. The van der Waals surface area contributed by atoms with Crippen LogP contribution in [0, 0.1) is 0 Å². The SMILES string of the molecule is CCOC(=O)C=Cc1ccc2c(c1)CCC2=O. The maximum atomic E-state index is 11.4. The molecular weight excluding hydrogens is 216 g/mol. The molecule has 0 saturated heterocycles. The lowest BCUT2D eigenvalue weighted by Crippen LogP contribution is -1.98. The van der Waals surface area contributed by atoms with Gasteiger partial charge in [-0.2, -0.15) is 0 Å². The molecule has 0 spiro atoms. The number of hydrogen-bond acceptors (Lipinski definition) is 3. The van der Waals surface area contributed by atoms with E-state index in [0.29, 0.717) is 13.0 Å². The zero-order chi connectivity index (χ0) is 12.3. The van der Waals surface area contributed by atoms with Crippen molar-refractivity contribution in [2.75, 3.05) is 6.61 Å². The van der Waals surface area contributed by atoms with Crippen molar-refractivity contribution in [1.29, 1.82) is 0 Å². The van der Waals surface area contributed by atoms with E-state index in [0.717, 1.165) is 23.1 Å². The average molecular weight is 230 g/mol. The molecule has 0 bridgehead atoms. The van der Waals surface area contributed by atoms with Crippen LogP contribution < -0.4 is 0 Å². The molecule has 0 aromatic heterocycles. The Kier molecular flexibility index (Phi) is 3.38. The first kappa shape index (κ1) is 11.6. The van der Waals surface area contributed by atoms with Gasteiger partial charge in [-0.25, -0.2) is 4.79 Å². The molecule has 88 valence electrons. The van der Waals surface area contributed by atoms with Crippen LogP contribution in [0.25, 0.3) is 6.08 Å². The molecule has 0 heterocycles. The van der Waals surface area contributed by atoms with Crippen LogP contribution in [0.5, 0.6) is 0 Å². The van der Waals surface area contributed by atoms with Crippen LogP contribution in [0.2, 0.25) is 0 Å². The summed E-state index contributed by atoms with van der Waals surface area (Å²) in [7, 11) is 0. The Hall–Kier alpha value is -1.90. The molecule has 1 aliphatic rings. The van der Waals surface area contributed by atoms with Crippen LogP contribution in [0.15, 0.2) is 24.3 Å². The van der Waals surface area contributed by atoms with Crippen molar-refractivity contribution in [3.05, 3.63) is 41.0 Å². The first-order valence-corrected chi connectivity index (χ1v) is 5.71. The van der Waals surface area contributed by atoms with Gasteiger partial charge in [-0.3, -0.25) is 4.79 Å². The summed E-state index contributed by atoms with van der Waals surface area (Å²) in [6.45, 7) is 2.15. The fourth-order valence-electron chi connectivity index (χ4n) is 1.93. The molecule has 2 rings (SSSR count). The zero-order valence-electron chi connectivity index (χ0n) is 9.73. The third kappa shape index (κ3) is 2.61. The predicted octanol–water partition coefficient (Wildman–Crippen LogP) is 2.39. The number of Topliss-reactive ketones (excluding diaryl/α,β-unsaturated/α-hetero) is 1. The summed E-state index contributed by atoms with van der Waals surface area (Å²) in [5.74, 6) is -0.134. The fourth-order valence-corrected chi connectivity index (χ4v) is 1.93. The summed E-state index contributed by atoms with van der Waals surface area (Å²) in [6.07, 6.45) is 4.51. The molecule has 1 aliphatic carbocycles. The summed E-state index contributed by atoms with van der Waals surface area (Å²) >= 11 is 0. The van der Waals surface area contributed by atoms with Gasteiger partial charge in [0.25, 0.3) is 0 Å². The van der Waals surface area contributed by atoms with Crippen molar-refractivity contribution < 1.29 is 14.3 Å². The standard InChI is InChI=1S/C14H14O3/c1-2-17-14(16)8-4-10-3-6-12-11(9-10)5-7-13(12)15/h3-4,6,8-9H,2,5,7H2,1H3. The lowest BCUT2D eigenvalue weighted by molar-refractivity contribution is -0.137. The molecule has 0 atom stereocenters. The molecule has 0 aliphatic heterocycles. The predicted molar refractivity (Wildman–Crippen MR) is 64.8 cm³/mol. The minimum atomic E-state index is -0.343. The minimum absolute atomic E-state index is 0.209. The Morgan fingerprint density at radius 3 is 3.00 bits per heavy atom. The molecule has 3 heteroatoms. The molecule has 0 unspecified atom stereocenters. The first-order chi connectivity index (χ1) is 8.20. The summed E-state index contributed by atoms with van der Waals surface area (Å²) in [6, 6.07) is 5.63. The van der Waals surface area contributed by atoms with Crippen LogP contribution in [-0.4, -0.2) is 18.4 Å². The van der Waals surface area contributed by atoms with Gasteiger partial charge in [0.1, 0.15) is 0 Å². The van der Waals surface area contributed by atoms with Crippen molar-refractivity contribution in [1.82, 2.24) is 0 Å². The highest BCUT2D eigenvalue weighted by Gasteiger charge is 2.18. The highest BCUT2D eigenvalue weighted by Crippen LogP contribution is 2.23. The Labute approximate surface area is 100 Å². The van der Waals surface area contributed by atoms with E-state index in [2.05, 4.69) is 0 Å². The van der Waals surface area contributed by atoms with Crippen molar-refractivity contribution in [2.24, 2.45) is 0 Å². The summed E-state index contributed by atoms with van der Waals surface area (Å²) < 4.78 is 4.79. The van der Waals surface area contributed by atoms with Gasteiger partial charge < -0.3 is 4.74 Å². The topological polar surface area (TPSA) is 43.4 Å². The number of hydrogen-bond donors (Lipinski definition) is 0. The molecule has 0 radical (unpaired) electrons. The van der Waals surface area contributed by atoms with Gasteiger partial charge in [0.15, 0.2) is 5.78 Å². The van der Waals surface area contributed by atoms with Crippen molar-refractivity contribution in [3.8, 4) is 0 Å². The number of benzene rings is 1. The van der Waals surface area contributed by atoms with Gasteiger partial charge in [-0.1, -0.05) is 18.2 Å². The van der Waals surface area contributed by atoms with Gasteiger partial charge >= 0.3 is 5.97 Å². The molecular formula is C14H14O3. The lowest BCUT2D eigenvalue weighted by atomic mass is 10.1. The fraction of sp³-hybridized carbons (Fsp3) is 0.286. The Balaban J connectivity index is 2.14. The van der Waals surface area contributed by atoms with Gasteiger partial charge in [0.2, 0.25) is 0 Å². The summed E-state index contributed by atoms with van der Waals surface area (Å²) in [5.41, 5.74) is 2.81. The Bertz CT molecular complexity index is 486. The molecule has 3 nitrogen and oxygen atoms in total. The largest absolute Gasteiger partial charge is 0.463 e. The van der Waals surface area contributed by atoms with E-state index < -0.39 is 0 Å². The van der Waals surface area contributed by atoms with E-state index in [-0.39, 0.29) is 11.8 Å². The van der Waals surface area contributed by atoms with E-state index in [1.807, 2.05) is 18.2 Å². The minimum Gasteiger partial charge on any atom is -0.463 e. The van der Waals surface area contributed by atoms with Crippen LogP contribution in [-0.2, 0) is 16.0 Å². The normalized spacial score (nSPS) is 14.1. The number of ketones is 1. The molecule has 0 fully saturated rings.